The maximum atomic E-state index is 8.71. The molecule has 0 spiro atoms. The van der Waals surface area contributed by atoms with Gasteiger partial charge in [-0.25, -0.2) is 0 Å². The highest BCUT2D eigenvalue weighted by Gasteiger charge is 2.01. The second kappa shape index (κ2) is 4.18. The van der Waals surface area contributed by atoms with Crippen LogP contribution in [0.2, 0.25) is 0 Å². The molecule has 0 amide bonds. The second-order valence-electron chi connectivity index (χ2n) is 2.85. The fourth-order valence-electron chi connectivity index (χ4n) is 0.820. The highest BCUT2D eigenvalue weighted by Crippen LogP contribution is 1.90. The fourth-order valence-corrected chi connectivity index (χ4v) is 0.820. The van der Waals surface area contributed by atoms with Crippen LogP contribution in [0, 0.1) is 0 Å². The number of nitrogens with one attached hydrogen (secondary N) is 1. The Morgan fingerprint density at radius 2 is 2.50 bits per heavy atom. The number of hydrogen-bond acceptors (Lipinski definition) is 4. The third-order valence-corrected chi connectivity index (χ3v) is 1.56. The van der Waals surface area contributed by atoms with Crippen LogP contribution >= 0.6 is 0 Å². The van der Waals surface area contributed by atoms with E-state index in [1.165, 1.54) is 0 Å². The van der Waals surface area contributed by atoms with E-state index in [1.807, 2.05) is 20.2 Å². The number of aliphatic hydroxyl groups excluding tert-OH is 1. The molecule has 12 heavy (non-hydrogen) atoms. The third-order valence-electron chi connectivity index (χ3n) is 1.56. The van der Waals surface area contributed by atoms with Crippen LogP contribution in [0.5, 0.6) is 0 Å². The smallest absolute Gasteiger partial charge is 0.0964 e. The molecule has 1 aromatic heterocycles. The minimum absolute atomic E-state index is 0.104. The second-order valence-corrected chi connectivity index (χ2v) is 2.85. The van der Waals surface area contributed by atoms with E-state index < -0.39 is 0 Å². The van der Waals surface area contributed by atoms with E-state index in [4.69, 9.17) is 5.11 Å². The first-order valence-corrected chi connectivity index (χ1v) is 3.92. The lowest BCUT2D eigenvalue weighted by atomic mass is 10.3. The fraction of sp³-hybridized carbons (Fsp3) is 0.714. The highest BCUT2D eigenvalue weighted by atomic mass is 16.3. The van der Waals surface area contributed by atoms with Crippen molar-refractivity contribution in [2.75, 3.05) is 6.61 Å². The van der Waals surface area contributed by atoms with Crippen LogP contribution in [0.1, 0.15) is 12.6 Å². The minimum Gasteiger partial charge on any atom is -0.395 e. The summed E-state index contributed by atoms with van der Waals surface area (Å²) in [4.78, 5) is 0. The molecule has 0 fully saturated rings. The molecule has 5 heteroatoms. The molecular formula is C7H14N4O. The first-order valence-electron chi connectivity index (χ1n) is 3.92. The Morgan fingerprint density at radius 1 is 1.75 bits per heavy atom. The van der Waals surface area contributed by atoms with Crippen molar-refractivity contribution in [3.8, 4) is 0 Å². The summed E-state index contributed by atoms with van der Waals surface area (Å²) < 4.78 is 1.65. The van der Waals surface area contributed by atoms with Crippen molar-refractivity contribution in [2.24, 2.45) is 7.05 Å². The van der Waals surface area contributed by atoms with Crippen molar-refractivity contribution in [3.05, 3.63) is 11.9 Å². The number of aliphatic hydroxyl groups is 1. The van der Waals surface area contributed by atoms with E-state index in [0.29, 0.717) is 6.54 Å². The molecule has 0 radical (unpaired) electrons. The van der Waals surface area contributed by atoms with Crippen molar-refractivity contribution in [3.63, 3.8) is 0 Å². The van der Waals surface area contributed by atoms with Gasteiger partial charge in [0.1, 0.15) is 0 Å². The lowest BCUT2D eigenvalue weighted by Gasteiger charge is -2.07. The summed E-state index contributed by atoms with van der Waals surface area (Å²) in [6, 6.07) is 0.104. The van der Waals surface area contributed by atoms with Gasteiger partial charge in [-0.1, -0.05) is 5.21 Å². The zero-order chi connectivity index (χ0) is 8.97. The minimum atomic E-state index is 0.104. The standard InChI is InChI=1S/C7H14N4O/c1-6(5-12)8-3-7-4-11(2)10-9-7/h4,6,8,12H,3,5H2,1-2H3. The molecule has 0 aromatic carbocycles. The summed E-state index contributed by atoms with van der Waals surface area (Å²) in [6.07, 6.45) is 1.84. The molecule has 1 aromatic rings. The normalized spacial score (nSPS) is 13.2. The van der Waals surface area contributed by atoms with Gasteiger partial charge in [-0.2, -0.15) is 0 Å². The van der Waals surface area contributed by atoms with Gasteiger partial charge in [-0.15, -0.1) is 5.10 Å². The van der Waals surface area contributed by atoms with E-state index in [0.717, 1.165) is 5.69 Å². The maximum Gasteiger partial charge on any atom is 0.0964 e. The van der Waals surface area contributed by atoms with Crippen molar-refractivity contribution in [2.45, 2.75) is 19.5 Å². The van der Waals surface area contributed by atoms with Crippen molar-refractivity contribution >= 4 is 0 Å². The molecule has 68 valence electrons. The molecule has 5 nitrogen and oxygen atoms in total. The van der Waals surface area contributed by atoms with Gasteiger partial charge in [0.25, 0.3) is 0 Å². The Balaban J connectivity index is 2.33. The van der Waals surface area contributed by atoms with Crippen LogP contribution in [-0.4, -0.2) is 32.7 Å². The summed E-state index contributed by atoms with van der Waals surface area (Å²) >= 11 is 0. The van der Waals surface area contributed by atoms with Gasteiger partial charge in [-0.05, 0) is 6.92 Å². The van der Waals surface area contributed by atoms with Crippen molar-refractivity contribution < 1.29 is 5.11 Å². The molecule has 0 bridgehead atoms. The average Bonchev–Trinajstić information content (AvgIpc) is 2.47. The van der Waals surface area contributed by atoms with Crippen molar-refractivity contribution in [1.29, 1.82) is 0 Å². The van der Waals surface area contributed by atoms with E-state index in [2.05, 4.69) is 15.6 Å². The first kappa shape index (κ1) is 9.15. The molecule has 0 saturated heterocycles. The number of aryl methyl sites for hydroxylation is 1. The van der Waals surface area contributed by atoms with Gasteiger partial charge in [0, 0.05) is 25.8 Å². The van der Waals surface area contributed by atoms with E-state index >= 15 is 0 Å². The summed E-state index contributed by atoms with van der Waals surface area (Å²) in [5.41, 5.74) is 0.887. The molecule has 2 N–H and O–H groups in total. The van der Waals surface area contributed by atoms with Gasteiger partial charge in [-0.3, -0.25) is 4.68 Å². The summed E-state index contributed by atoms with van der Waals surface area (Å²) in [6.45, 7) is 2.70. The van der Waals surface area contributed by atoms with Crippen LogP contribution < -0.4 is 5.32 Å². The van der Waals surface area contributed by atoms with Crippen LogP contribution in [0.3, 0.4) is 0 Å². The third kappa shape index (κ3) is 2.60. The van der Waals surface area contributed by atoms with Gasteiger partial charge in [0.2, 0.25) is 0 Å². The molecule has 1 unspecified atom stereocenters. The molecule has 0 saturated carbocycles. The molecule has 1 heterocycles. The van der Waals surface area contributed by atoms with Gasteiger partial charge < -0.3 is 10.4 Å². The van der Waals surface area contributed by atoms with E-state index in [1.54, 1.807) is 4.68 Å². The topological polar surface area (TPSA) is 63.0 Å². The Hall–Kier alpha value is -0.940. The average molecular weight is 170 g/mol. The zero-order valence-corrected chi connectivity index (χ0v) is 7.36. The molecule has 1 rings (SSSR count). The number of rotatable bonds is 4. The molecule has 0 aliphatic heterocycles. The monoisotopic (exact) mass is 170 g/mol. The molecular weight excluding hydrogens is 156 g/mol. The number of nitrogens with zero attached hydrogens (tertiary/aromatic N) is 3. The van der Waals surface area contributed by atoms with E-state index in [9.17, 15) is 0 Å². The zero-order valence-electron chi connectivity index (χ0n) is 7.36. The largest absolute Gasteiger partial charge is 0.395 e. The maximum absolute atomic E-state index is 8.71. The summed E-state index contributed by atoms with van der Waals surface area (Å²) in [5, 5.41) is 19.5. The Labute approximate surface area is 71.4 Å². The first-order chi connectivity index (χ1) is 5.72. The lowest BCUT2D eigenvalue weighted by Crippen LogP contribution is -2.28. The Morgan fingerprint density at radius 3 is 3.00 bits per heavy atom. The molecule has 1 atom stereocenters. The lowest BCUT2D eigenvalue weighted by molar-refractivity contribution is 0.250. The van der Waals surface area contributed by atoms with Crippen LogP contribution in [0.15, 0.2) is 6.20 Å². The molecule has 0 aliphatic carbocycles. The predicted octanol–water partition coefficient (Wildman–Crippen LogP) is -0.715. The summed E-state index contributed by atoms with van der Waals surface area (Å²) in [7, 11) is 1.83. The quantitative estimate of drug-likeness (QED) is 0.626. The van der Waals surface area contributed by atoms with Crippen LogP contribution in [-0.2, 0) is 13.6 Å². The number of hydrogen-bond donors (Lipinski definition) is 2. The van der Waals surface area contributed by atoms with Crippen molar-refractivity contribution in [1.82, 2.24) is 20.3 Å². The Kier molecular flexibility index (Phi) is 3.19. The SMILES string of the molecule is CC(CO)NCc1cn(C)nn1. The Bertz CT molecular complexity index is 235. The summed E-state index contributed by atoms with van der Waals surface area (Å²) in [5.74, 6) is 0. The van der Waals surface area contributed by atoms with Gasteiger partial charge in [0.15, 0.2) is 0 Å². The van der Waals surface area contributed by atoms with Crippen LogP contribution in [0.25, 0.3) is 0 Å². The van der Waals surface area contributed by atoms with Gasteiger partial charge >= 0.3 is 0 Å². The number of aromatic nitrogens is 3. The molecule has 0 aliphatic rings. The van der Waals surface area contributed by atoms with Gasteiger partial charge in [0.05, 0.1) is 12.3 Å². The van der Waals surface area contributed by atoms with E-state index in [-0.39, 0.29) is 12.6 Å². The predicted molar refractivity (Wildman–Crippen MR) is 44.4 cm³/mol. The van der Waals surface area contributed by atoms with Crippen LogP contribution in [0.4, 0.5) is 0 Å². The highest BCUT2D eigenvalue weighted by molar-refractivity contribution is 4.91.